The molecule has 4 nitrogen and oxygen atoms in total. The molecule has 0 radical (unpaired) electrons. The molecule has 1 fully saturated rings. The summed E-state index contributed by atoms with van der Waals surface area (Å²) in [6, 6.07) is 8.29. The monoisotopic (exact) mass is 329 g/mol. The molecule has 1 aromatic carbocycles. The van der Waals surface area contributed by atoms with Gasteiger partial charge in [0, 0.05) is 17.1 Å². The van der Waals surface area contributed by atoms with Gasteiger partial charge in [-0.3, -0.25) is 0 Å². The van der Waals surface area contributed by atoms with Crippen LogP contribution in [0, 0.1) is 0 Å². The SMILES string of the molecule is OC(CNC1CC1)COCCOc1ccc(Br)cc1. The van der Waals surface area contributed by atoms with Crippen molar-refractivity contribution >= 4 is 15.9 Å². The molecule has 5 heteroatoms. The molecule has 2 rings (SSSR count). The van der Waals surface area contributed by atoms with Gasteiger partial charge in [-0.25, -0.2) is 0 Å². The Bertz CT molecular complexity index is 367. The van der Waals surface area contributed by atoms with E-state index in [0.29, 0.717) is 32.4 Å². The Hall–Kier alpha value is -0.620. The van der Waals surface area contributed by atoms with Crippen LogP contribution in [0.15, 0.2) is 28.7 Å². The third kappa shape index (κ3) is 6.38. The number of aliphatic hydroxyl groups is 1. The topological polar surface area (TPSA) is 50.7 Å². The summed E-state index contributed by atoms with van der Waals surface area (Å²) in [5.41, 5.74) is 0. The number of halogens is 1. The predicted octanol–water partition coefficient (Wildman–Crippen LogP) is 1.96. The standard InChI is InChI=1S/C14H20BrNO3/c15-11-1-5-14(6-2-11)19-8-7-18-10-13(17)9-16-12-3-4-12/h1-2,5-6,12-13,16-17H,3-4,7-10H2. The highest BCUT2D eigenvalue weighted by molar-refractivity contribution is 9.10. The third-order valence-electron chi connectivity index (χ3n) is 2.84. The molecule has 1 unspecified atom stereocenters. The summed E-state index contributed by atoms with van der Waals surface area (Å²) >= 11 is 3.37. The van der Waals surface area contributed by atoms with E-state index in [-0.39, 0.29) is 0 Å². The summed E-state index contributed by atoms with van der Waals surface area (Å²) in [5.74, 6) is 0.822. The Kier molecular flexibility index (Phi) is 6.10. The van der Waals surface area contributed by atoms with Crippen LogP contribution in [-0.2, 0) is 4.74 Å². The van der Waals surface area contributed by atoms with Gasteiger partial charge in [0.15, 0.2) is 0 Å². The Morgan fingerprint density at radius 2 is 2.00 bits per heavy atom. The van der Waals surface area contributed by atoms with Crippen molar-refractivity contribution in [3.05, 3.63) is 28.7 Å². The van der Waals surface area contributed by atoms with Crippen LogP contribution in [0.5, 0.6) is 5.75 Å². The summed E-state index contributed by atoms with van der Waals surface area (Å²) < 4.78 is 11.9. The van der Waals surface area contributed by atoms with Crippen LogP contribution in [0.1, 0.15) is 12.8 Å². The van der Waals surface area contributed by atoms with Gasteiger partial charge in [-0.05, 0) is 37.1 Å². The Balaban J connectivity index is 1.48. The lowest BCUT2D eigenvalue weighted by Crippen LogP contribution is -2.32. The van der Waals surface area contributed by atoms with E-state index in [4.69, 9.17) is 9.47 Å². The normalized spacial score (nSPS) is 16.3. The molecular formula is C14H20BrNO3. The first-order valence-electron chi connectivity index (χ1n) is 6.61. The number of ether oxygens (including phenoxy) is 2. The molecule has 1 aromatic rings. The van der Waals surface area contributed by atoms with Gasteiger partial charge in [0.2, 0.25) is 0 Å². The van der Waals surface area contributed by atoms with Gasteiger partial charge in [0.1, 0.15) is 12.4 Å². The van der Waals surface area contributed by atoms with E-state index in [2.05, 4.69) is 21.2 Å². The van der Waals surface area contributed by atoms with E-state index < -0.39 is 6.10 Å². The van der Waals surface area contributed by atoms with Gasteiger partial charge >= 0.3 is 0 Å². The number of aliphatic hydroxyl groups excluding tert-OH is 1. The fraction of sp³-hybridized carbons (Fsp3) is 0.571. The molecule has 0 spiro atoms. The molecule has 0 heterocycles. The minimum atomic E-state index is -0.437. The zero-order chi connectivity index (χ0) is 13.5. The second-order valence-electron chi connectivity index (χ2n) is 4.71. The average Bonchev–Trinajstić information content (AvgIpc) is 3.22. The van der Waals surface area contributed by atoms with Gasteiger partial charge < -0.3 is 19.9 Å². The number of nitrogens with one attached hydrogen (secondary N) is 1. The number of hydrogen-bond donors (Lipinski definition) is 2. The van der Waals surface area contributed by atoms with Gasteiger partial charge in [-0.2, -0.15) is 0 Å². The van der Waals surface area contributed by atoms with Crippen molar-refractivity contribution in [3.63, 3.8) is 0 Å². The molecule has 0 aliphatic heterocycles. The van der Waals surface area contributed by atoms with Crippen LogP contribution < -0.4 is 10.1 Å². The highest BCUT2D eigenvalue weighted by Gasteiger charge is 2.21. The van der Waals surface area contributed by atoms with Crippen molar-refractivity contribution in [2.24, 2.45) is 0 Å². The quantitative estimate of drug-likeness (QED) is 0.680. The summed E-state index contributed by atoms with van der Waals surface area (Å²) in [7, 11) is 0. The summed E-state index contributed by atoms with van der Waals surface area (Å²) in [5, 5.41) is 12.9. The average molecular weight is 330 g/mol. The minimum absolute atomic E-state index is 0.351. The van der Waals surface area contributed by atoms with Gasteiger partial charge in [0.25, 0.3) is 0 Å². The first kappa shape index (κ1) is 14.8. The summed E-state index contributed by atoms with van der Waals surface area (Å²) in [4.78, 5) is 0. The molecule has 19 heavy (non-hydrogen) atoms. The molecular weight excluding hydrogens is 310 g/mol. The second kappa shape index (κ2) is 7.85. The zero-order valence-corrected chi connectivity index (χ0v) is 12.4. The van der Waals surface area contributed by atoms with Crippen LogP contribution in [0.25, 0.3) is 0 Å². The van der Waals surface area contributed by atoms with Crippen molar-refractivity contribution in [2.75, 3.05) is 26.4 Å². The highest BCUT2D eigenvalue weighted by Crippen LogP contribution is 2.18. The van der Waals surface area contributed by atoms with E-state index in [0.717, 1.165) is 10.2 Å². The molecule has 1 atom stereocenters. The second-order valence-corrected chi connectivity index (χ2v) is 5.63. The molecule has 1 saturated carbocycles. The molecule has 1 aliphatic carbocycles. The van der Waals surface area contributed by atoms with Crippen molar-refractivity contribution in [3.8, 4) is 5.75 Å². The maximum Gasteiger partial charge on any atom is 0.119 e. The molecule has 0 aromatic heterocycles. The van der Waals surface area contributed by atoms with E-state index >= 15 is 0 Å². The maximum absolute atomic E-state index is 9.64. The Morgan fingerprint density at radius 3 is 2.68 bits per heavy atom. The van der Waals surface area contributed by atoms with E-state index in [1.807, 2.05) is 24.3 Å². The fourth-order valence-electron chi connectivity index (χ4n) is 1.62. The fourth-order valence-corrected chi connectivity index (χ4v) is 1.88. The number of hydrogen-bond acceptors (Lipinski definition) is 4. The first-order chi connectivity index (χ1) is 9.24. The Morgan fingerprint density at radius 1 is 1.26 bits per heavy atom. The first-order valence-corrected chi connectivity index (χ1v) is 7.41. The molecule has 0 saturated heterocycles. The van der Waals surface area contributed by atoms with Gasteiger partial charge in [-0.15, -0.1) is 0 Å². The number of rotatable bonds is 9. The van der Waals surface area contributed by atoms with E-state index in [1.54, 1.807) is 0 Å². The molecule has 2 N–H and O–H groups in total. The van der Waals surface area contributed by atoms with Crippen LogP contribution in [0.2, 0.25) is 0 Å². The third-order valence-corrected chi connectivity index (χ3v) is 3.37. The van der Waals surface area contributed by atoms with Crippen LogP contribution in [0.3, 0.4) is 0 Å². The van der Waals surface area contributed by atoms with Crippen molar-refractivity contribution in [1.82, 2.24) is 5.32 Å². The van der Waals surface area contributed by atoms with Crippen LogP contribution in [-0.4, -0.2) is 43.6 Å². The molecule has 106 valence electrons. The minimum Gasteiger partial charge on any atom is -0.491 e. The molecule has 0 amide bonds. The number of benzene rings is 1. The lowest BCUT2D eigenvalue weighted by atomic mass is 10.3. The molecule has 1 aliphatic rings. The zero-order valence-electron chi connectivity index (χ0n) is 10.8. The highest BCUT2D eigenvalue weighted by atomic mass is 79.9. The maximum atomic E-state index is 9.64. The molecule has 0 bridgehead atoms. The predicted molar refractivity (Wildman–Crippen MR) is 77.5 cm³/mol. The van der Waals surface area contributed by atoms with Crippen molar-refractivity contribution in [2.45, 2.75) is 25.0 Å². The summed E-state index contributed by atoms with van der Waals surface area (Å²) in [6.45, 7) is 1.93. The van der Waals surface area contributed by atoms with Crippen LogP contribution in [0.4, 0.5) is 0 Å². The Labute approximate surface area is 122 Å². The van der Waals surface area contributed by atoms with Crippen molar-refractivity contribution in [1.29, 1.82) is 0 Å². The van der Waals surface area contributed by atoms with Gasteiger partial charge in [0.05, 0.1) is 19.3 Å². The smallest absolute Gasteiger partial charge is 0.119 e. The van der Waals surface area contributed by atoms with Gasteiger partial charge in [-0.1, -0.05) is 15.9 Å². The largest absolute Gasteiger partial charge is 0.491 e. The van der Waals surface area contributed by atoms with Crippen molar-refractivity contribution < 1.29 is 14.6 Å². The summed E-state index contributed by atoms with van der Waals surface area (Å²) in [6.07, 6.45) is 2.02. The van der Waals surface area contributed by atoms with Crippen LogP contribution >= 0.6 is 15.9 Å². The van der Waals surface area contributed by atoms with E-state index in [9.17, 15) is 5.11 Å². The van der Waals surface area contributed by atoms with E-state index in [1.165, 1.54) is 12.8 Å². The lowest BCUT2D eigenvalue weighted by molar-refractivity contribution is 0.0250. The lowest BCUT2D eigenvalue weighted by Gasteiger charge is -2.12.